The SMILES string of the molecule is CCOC(=O)/C(C#N)=C/C=C1/CCCN1CCCS(=O)(=O)[O-]. The van der Waals surface area contributed by atoms with E-state index in [0.29, 0.717) is 6.54 Å². The minimum atomic E-state index is -4.19. The minimum absolute atomic E-state index is 0.0802. The van der Waals surface area contributed by atoms with E-state index in [2.05, 4.69) is 0 Å². The van der Waals surface area contributed by atoms with E-state index >= 15 is 0 Å². The maximum absolute atomic E-state index is 11.5. The molecule has 0 bridgehead atoms. The zero-order valence-electron chi connectivity index (χ0n) is 12.4. The van der Waals surface area contributed by atoms with Gasteiger partial charge in [-0.2, -0.15) is 5.26 Å². The van der Waals surface area contributed by atoms with Crippen LogP contribution in [0.1, 0.15) is 26.2 Å². The smallest absolute Gasteiger partial charge is 0.348 e. The van der Waals surface area contributed by atoms with Crippen molar-refractivity contribution < 1.29 is 22.5 Å². The molecule has 0 spiro atoms. The van der Waals surface area contributed by atoms with Crippen LogP contribution in [0, 0.1) is 11.3 Å². The lowest BCUT2D eigenvalue weighted by molar-refractivity contribution is -0.138. The van der Waals surface area contributed by atoms with Crippen molar-refractivity contribution in [3.05, 3.63) is 23.4 Å². The third-order valence-electron chi connectivity index (χ3n) is 3.15. The monoisotopic (exact) mass is 327 g/mol. The number of allylic oxidation sites excluding steroid dienone is 3. The van der Waals surface area contributed by atoms with Gasteiger partial charge in [0, 0.05) is 24.5 Å². The second-order valence-electron chi connectivity index (χ2n) is 4.78. The number of carbonyl (C=O) groups is 1. The van der Waals surface area contributed by atoms with Crippen molar-refractivity contribution in [2.75, 3.05) is 25.4 Å². The first-order chi connectivity index (χ1) is 10.4. The normalized spacial score (nSPS) is 17.6. The van der Waals surface area contributed by atoms with Crippen LogP contribution in [0.15, 0.2) is 23.4 Å². The molecule has 8 heteroatoms. The molecular weight excluding hydrogens is 308 g/mol. The summed E-state index contributed by atoms with van der Waals surface area (Å²) < 4.78 is 36.5. The molecule has 0 saturated carbocycles. The fourth-order valence-electron chi connectivity index (χ4n) is 2.17. The van der Waals surface area contributed by atoms with Crippen molar-refractivity contribution in [1.29, 1.82) is 5.26 Å². The zero-order chi connectivity index (χ0) is 16.6. The fourth-order valence-corrected chi connectivity index (χ4v) is 2.65. The molecular formula is C14H19N2O5S-. The van der Waals surface area contributed by atoms with Gasteiger partial charge in [-0.3, -0.25) is 0 Å². The van der Waals surface area contributed by atoms with E-state index in [9.17, 15) is 17.8 Å². The number of ether oxygens (including phenoxy) is 1. The third-order valence-corrected chi connectivity index (χ3v) is 3.94. The highest BCUT2D eigenvalue weighted by Crippen LogP contribution is 2.21. The fraction of sp³-hybridized carbons (Fsp3) is 0.571. The van der Waals surface area contributed by atoms with Crippen LogP contribution in [0.2, 0.25) is 0 Å². The number of nitriles is 1. The number of carbonyl (C=O) groups excluding carboxylic acids is 1. The van der Waals surface area contributed by atoms with Crippen molar-refractivity contribution in [3.63, 3.8) is 0 Å². The summed E-state index contributed by atoms with van der Waals surface area (Å²) in [5.41, 5.74) is 0.837. The summed E-state index contributed by atoms with van der Waals surface area (Å²) in [6, 6.07) is 1.79. The van der Waals surface area contributed by atoms with Gasteiger partial charge in [-0.1, -0.05) is 0 Å². The van der Waals surface area contributed by atoms with E-state index in [0.717, 1.165) is 25.1 Å². The van der Waals surface area contributed by atoms with Crippen molar-refractivity contribution in [2.45, 2.75) is 26.2 Å². The lowest BCUT2D eigenvalue weighted by Gasteiger charge is -2.20. The Morgan fingerprint density at radius 2 is 2.27 bits per heavy atom. The summed E-state index contributed by atoms with van der Waals surface area (Å²) >= 11 is 0. The number of esters is 1. The summed E-state index contributed by atoms with van der Waals surface area (Å²) in [6.07, 6.45) is 5.03. The average molecular weight is 327 g/mol. The molecule has 22 heavy (non-hydrogen) atoms. The highest BCUT2D eigenvalue weighted by Gasteiger charge is 2.16. The molecule has 0 unspecified atom stereocenters. The Hall–Kier alpha value is -1.85. The Labute approximate surface area is 130 Å². The van der Waals surface area contributed by atoms with Crippen LogP contribution < -0.4 is 0 Å². The highest BCUT2D eigenvalue weighted by molar-refractivity contribution is 7.85. The van der Waals surface area contributed by atoms with E-state index < -0.39 is 16.1 Å². The van der Waals surface area contributed by atoms with E-state index in [1.807, 2.05) is 4.90 Å². The summed E-state index contributed by atoms with van der Waals surface area (Å²) in [4.78, 5) is 13.4. The second kappa shape index (κ2) is 8.56. The first-order valence-electron chi connectivity index (χ1n) is 7.04. The average Bonchev–Trinajstić information content (AvgIpc) is 2.86. The summed E-state index contributed by atoms with van der Waals surface area (Å²) in [5, 5.41) is 8.93. The predicted octanol–water partition coefficient (Wildman–Crippen LogP) is 0.914. The minimum Gasteiger partial charge on any atom is -0.748 e. The number of nitrogens with zero attached hydrogens (tertiary/aromatic N) is 2. The molecule has 1 fully saturated rings. The predicted molar refractivity (Wildman–Crippen MR) is 78.4 cm³/mol. The summed E-state index contributed by atoms with van der Waals surface area (Å²) in [6.45, 7) is 3.08. The van der Waals surface area contributed by atoms with Crippen LogP contribution in [0.25, 0.3) is 0 Å². The Bertz CT molecular complexity index is 601. The van der Waals surface area contributed by atoms with Gasteiger partial charge in [0.15, 0.2) is 0 Å². The van der Waals surface area contributed by atoms with E-state index in [1.54, 1.807) is 19.1 Å². The molecule has 1 rings (SSSR count). The van der Waals surface area contributed by atoms with E-state index in [1.165, 1.54) is 6.08 Å². The van der Waals surface area contributed by atoms with Crippen molar-refractivity contribution in [3.8, 4) is 6.07 Å². The Kier molecular flexibility index (Phi) is 7.08. The molecule has 1 aliphatic heterocycles. The molecule has 0 aromatic heterocycles. The van der Waals surface area contributed by atoms with Gasteiger partial charge in [-0.05, 0) is 38.3 Å². The van der Waals surface area contributed by atoms with E-state index in [4.69, 9.17) is 10.00 Å². The molecule has 7 nitrogen and oxygen atoms in total. The zero-order valence-corrected chi connectivity index (χ0v) is 13.3. The maximum atomic E-state index is 11.5. The molecule has 0 aliphatic carbocycles. The first kappa shape index (κ1) is 18.2. The van der Waals surface area contributed by atoms with Gasteiger partial charge in [-0.25, -0.2) is 13.2 Å². The second-order valence-corrected chi connectivity index (χ2v) is 6.30. The van der Waals surface area contributed by atoms with Crippen molar-refractivity contribution in [1.82, 2.24) is 4.90 Å². The number of likely N-dealkylation sites (tertiary alicyclic amines) is 1. The van der Waals surface area contributed by atoms with Crippen LogP contribution in [0.4, 0.5) is 0 Å². The molecule has 1 aliphatic rings. The lowest BCUT2D eigenvalue weighted by atomic mass is 10.2. The first-order valence-corrected chi connectivity index (χ1v) is 8.61. The number of hydrogen-bond acceptors (Lipinski definition) is 7. The van der Waals surface area contributed by atoms with Gasteiger partial charge >= 0.3 is 5.97 Å². The Morgan fingerprint density at radius 3 is 2.86 bits per heavy atom. The van der Waals surface area contributed by atoms with Gasteiger partial charge in [0.05, 0.1) is 16.7 Å². The molecule has 0 aromatic rings. The third kappa shape index (κ3) is 6.28. The molecule has 0 aromatic carbocycles. The topological polar surface area (TPSA) is 111 Å². The van der Waals surface area contributed by atoms with Gasteiger partial charge in [0.1, 0.15) is 11.6 Å². The molecule has 0 amide bonds. The molecule has 0 radical (unpaired) electrons. The van der Waals surface area contributed by atoms with Crippen LogP contribution in [0.3, 0.4) is 0 Å². The summed E-state index contributed by atoms with van der Waals surface area (Å²) in [7, 11) is -4.19. The Morgan fingerprint density at radius 1 is 1.55 bits per heavy atom. The standard InChI is InChI=1S/C14H20N2O5S/c1-2-21-14(17)12(11-15)6-7-13-5-3-8-16(13)9-4-10-22(18,19)20/h6-7H,2-5,8-10H2,1H3,(H,18,19,20)/p-1/b12-6+,13-7-. The number of rotatable bonds is 7. The molecule has 122 valence electrons. The van der Waals surface area contributed by atoms with Crippen molar-refractivity contribution in [2.24, 2.45) is 0 Å². The van der Waals surface area contributed by atoms with Crippen LogP contribution in [-0.4, -0.2) is 49.3 Å². The van der Waals surface area contributed by atoms with Gasteiger partial charge in [-0.15, -0.1) is 0 Å². The molecule has 0 atom stereocenters. The molecule has 1 saturated heterocycles. The van der Waals surface area contributed by atoms with Gasteiger partial charge < -0.3 is 14.2 Å². The van der Waals surface area contributed by atoms with Gasteiger partial charge in [0.25, 0.3) is 0 Å². The number of hydrogen-bond donors (Lipinski definition) is 0. The van der Waals surface area contributed by atoms with Crippen LogP contribution >= 0.6 is 0 Å². The van der Waals surface area contributed by atoms with Crippen LogP contribution in [-0.2, 0) is 19.6 Å². The maximum Gasteiger partial charge on any atom is 0.348 e. The quantitative estimate of drug-likeness (QED) is 0.296. The lowest BCUT2D eigenvalue weighted by Crippen LogP contribution is -2.21. The Balaban J connectivity index is 2.68. The van der Waals surface area contributed by atoms with E-state index in [-0.39, 0.29) is 24.4 Å². The highest BCUT2D eigenvalue weighted by atomic mass is 32.2. The van der Waals surface area contributed by atoms with Crippen LogP contribution in [0.5, 0.6) is 0 Å². The largest absolute Gasteiger partial charge is 0.748 e. The molecule has 0 N–H and O–H groups in total. The molecule has 1 heterocycles. The van der Waals surface area contributed by atoms with Gasteiger partial charge in [0.2, 0.25) is 0 Å². The van der Waals surface area contributed by atoms with Crippen molar-refractivity contribution >= 4 is 16.1 Å². The summed E-state index contributed by atoms with van der Waals surface area (Å²) in [5.74, 6) is -1.05.